The van der Waals surface area contributed by atoms with Crippen LogP contribution in [0.2, 0.25) is 0 Å². The molecule has 0 heterocycles. The smallest absolute Gasteiger partial charge is 0.217 e. The second-order valence-corrected chi connectivity index (χ2v) is 3.19. The minimum atomic E-state index is -1.71. The molecule has 0 aliphatic heterocycles. The maximum atomic E-state index is 10.6. The Morgan fingerprint density at radius 2 is 1.89 bits per heavy atom. The number of hydrogen-bond acceptors (Lipinski definition) is 7. The van der Waals surface area contributed by atoms with Crippen LogP contribution >= 0.6 is 0 Å². The number of nitrogens with one attached hydrogen (secondary N) is 2. The molecule has 0 bridgehead atoms. The highest BCUT2D eigenvalue weighted by atomic mass is 16.4. The van der Waals surface area contributed by atoms with Crippen molar-refractivity contribution in [2.75, 3.05) is 6.61 Å². The summed E-state index contributed by atoms with van der Waals surface area (Å²) in [5, 5.41) is 38.2. The lowest BCUT2D eigenvalue weighted by Gasteiger charge is -2.25. The second-order valence-electron chi connectivity index (χ2n) is 3.19. The number of carbonyl (C=O) groups is 2. The van der Waals surface area contributed by atoms with Gasteiger partial charge < -0.3 is 30.5 Å². The molecule has 0 aromatic heterocycles. The molecule has 0 saturated carbocycles. The van der Waals surface area contributed by atoms with E-state index in [1.165, 1.54) is 0 Å². The standard InChI is InChI=1S/C8H15NO6.HN3/c1-4(12)9-5(2-10)7(14)8(15)6(13)3-11;1-3-2/h2,5-8,11,13-15H,3H2,1H3,(H,9,12);1H/t5-,6+,7+,8-;/m0./s1. The van der Waals surface area contributed by atoms with Gasteiger partial charge in [0.05, 0.1) is 6.61 Å². The second kappa shape index (κ2) is 10.4. The van der Waals surface area contributed by atoms with Crippen LogP contribution in [0.3, 0.4) is 0 Å². The zero-order chi connectivity index (χ0) is 14.7. The quantitative estimate of drug-likeness (QED) is 0.135. The number of aldehydes is 1. The van der Waals surface area contributed by atoms with Crippen LogP contribution in [0.4, 0.5) is 0 Å². The maximum absolute atomic E-state index is 10.6. The van der Waals surface area contributed by atoms with E-state index in [1.54, 1.807) is 4.91 Å². The molecule has 0 aliphatic carbocycles. The molecule has 4 atom stereocenters. The minimum absolute atomic E-state index is 0.235. The van der Waals surface area contributed by atoms with Crippen LogP contribution in [0.5, 0.6) is 0 Å². The van der Waals surface area contributed by atoms with Gasteiger partial charge in [0.15, 0.2) is 0 Å². The van der Waals surface area contributed by atoms with Gasteiger partial charge in [0.2, 0.25) is 5.91 Å². The van der Waals surface area contributed by atoms with Gasteiger partial charge in [-0.05, 0) is 10.4 Å². The summed E-state index contributed by atoms with van der Waals surface area (Å²) in [5.41, 5.74) is 12.2. The molecule has 0 radical (unpaired) electrons. The molecule has 1 amide bonds. The van der Waals surface area contributed by atoms with Gasteiger partial charge in [0.1, 0.15) is 30.6 Å². The fourth-order valence-corrected chi connectivity index (χ4v) is 0.983. The molecule has 0 rings (SSSR count). The van der Waals surface area contributed by atoms with Crippen molar-refractivity contribution in [2.24, 2.45) is 0 Å². The zero-order valence-electron chi connectivity index (χ0n) is 9.59. The molecular weight excluding hydrogens is 248 g/mol. The largest absolute Gasteiger partial charge is 0.394 e. The Morgan fingerprint density at radius 1 is 1.44 bits per heavy atom. The van der Waals surface area contributed by atoms with Crippen molar-refractivity contribution >= 4 is 12.2 Å². The fourth-order valence-electron chi connectivity index (χ4n) is 0.983. The lowest BCUT2D eigenvalue weighted by atomic mass is 10.0. The van der Waals surface area contributed by atoms with E-state index in [0.29, 0.717) is 0 Å². The van der Waals surface area contributed by atoms with E-state index in [1.807, 2.05) is 0 Å². The Kier molecular flexibility index (Phi) is 10.8. The summed E-state index contributed by atoms with van der Waals surface area (Å²) in [4.78, 5) is 22.8. The summed E-state index contributed by atoms with van der Waals surface area (Å²) in [6, 6.07) is -1.32. The third-order valence-electron chi connectivity index (χ3n) is 1.82. The highest BCUT2D eigenvalue weighted by molar-refractivity contribution is 5.77. The van der Waals surface area contributed by atoms with Crippen molar-refractivity contribution in [3.8, 4) is 0 Å². The van der Waals surface area contributed by atoms with Gasteiger partial charge in [-0.2, -0.15) is 0 Å². The molecule has 0 fully saturated rings. The van der Waals surface area contributed by atoms with E-state index < -0.39 is 36.9 Å². The van der Waals surface area contributed by atoms with Crippen molar-refractivity contribution in [3.63, 3.8) is 0 Å². The molecule has 0 aromatic carbocycles. The zero-order valence-corrected chi connectivity index (χ0v) is 9.59. The van der Waals surface area contributed by atoms with E-state index in [0.717, 1.165) is 6.92 Å². The Balaban J connectivity index is 0. The van der Waals surface area contributed by atoms with Gasteiger partial charge in [-0.1, -0.05) is 0 Å². The van der Waals surface area contributed by atoms with Crippen LogP contribution in [-0.2, 0) is 9.59 Å². The number of hydrogen-bond donors (Lipinski definition) is 6. The van der Waals surface area contributed by atoms with Gasteiger partial charge in [-0.3, -0.25) is 4.79 Å². The van der Waals surface area contributed by atoms with E-state index in [4.69, 9.17) is 21.3 Å². The van der Waals surface area contributed by atoms with Crippen LogP contribution in [-0.4, -0.2) is 63.6 Å². The van der Waals surface area contributed by atoms with Gasteiger partial charge in [-0.25, -0.2) is 0 Å². The topological polar surface area (TPSA) is 187 Å². The van der Waals surface area contributed by atoms with Crippen LogP contribution in [0.15, 0.2) is 0 Å². The van der Waals surface area contributed by atoms with Gasteiger partial charge in [-0.15, -0.1) is 5.53 Å². The van der Waals surface area contributed by atoms with E-state index in [-0.39, 0.29) is 6.29 Å². The molecule has 10 nitrogen and oxygen atoms in total. The maximum Gasteiger partial charge on any atom is 0.217 e. The summed E-state index contributed by atoms with van der Waals surface area (Å²) in [7, 11) is 0. The predicted octanol–water partition coefficient (Wildman–Crippen LogP) is -2.36. The molecule has 0 saturated heterocycles. The minimum Gasteiger partial charge on any atom is -0.394 e. The first-order valence-electron chi connectivity index (χ1n) is 4.73. The number of amides is 1. The molecule has 10 heteroatoms. The van der Waals surface area contributed by atoms with Gasteiger partial charge in [0, 0.05) is 6.92 Å². The van der Waals surface area contributed by atoms with Gasteiger partial charge >= 0.3 is 0 Å². The molecule has 0 unspecified atom stereocenters. The van der Waals surface area contributed by atoms with E-state index >= 15 is 0 Å². The summed E-state index contributed by atoms with van der Waals surface area (Å²) < 4.78 is 0. The normalized spacial score (nSPS) is 16.1. The highest BCUT2D eigenvalue weighted by Crippen LogP contribution is 2.03. The van der Waals surface area contributed by atoms with Crippen LogP contribution in [0.1, 0.15) is 6.92 Å². The predicted molar refractivity (Wildman–Crippen MR) is 58.2 cm³/mol. The number of rotatable bonds is 6. The van der Waals surface area contributed by atoms with Crippen molar-refractivity contribution in [2.45, 2.75) is 31.3 Å². The monoisotopic (exact) mass is 264 g/mol. The Labute approximate surface area is 102 Å². The number of aliphatic hydroxyl groups is 4. The lowest BCUT2D eigenvalue weighted by molar-refractivity contribution is -0.129. The Hall–Kier alpha value is -1.71. The van der Waals surface area contributed by atoms with Gasteiger partial charge in [0.25, 0.3) is 0 Å². The summed E-state index contributed by atoms with van der Waals surface area (Å²) in [6.45, 7) is 0.377. The average Bonchev–Trinajstić information content (AvgIpc) is 2.33. The first-order chi connectivity index (χ1) is 8.35. The number of aliphatic hydroxyl groups excluding tert-OH is 4. The fraction of sp³-hybridized carbons (Fsp3) is 0.750. The van der Waals surface area contributed by atoms with Crippen LogP contribution in [0.25, 0.3) is 10.4 Å². The number of carbonyl (C=O) groups excluding carboxylic acids is 2. The molecule has 0 aromatic rings. The first-order valence-corrected chi connectivity index (χ1v) is 4.73. The summed E-state index contributed by atoms with van der Waals surface area (Å²) in [5.74, 6) is -0.558. The van der Waals surface area contributed by atoms with Crippen molar-refractivity contribution < 1.29 is 30.0 Å². The highest BCUT2D eigenvalue weighted by Gasteiger charge is 2.31. The first kappa shape index (κ1) is 18.6. The third kappa shape index (κ3) is 7.54. The van der Waals surface area contributed by atoms with E-state index in [2.05, 4.69) is 5.32 Å². The lowest BCUT2D eigenvalue weighted by Crippen LogP contribution is -2.53. The molecular formula is C8H16N4O6. The van der Waals surface area contributed by atoms with Crippen molar-refractivity contribution in [1.82, 2.24) is 5.32 Å². The average molecular weight is 264 g/mol. The molecule has 104 valence electrons. The molecule has 0 aliphatic rings. The van der Waals surface area contributed by atoms with Crippen LogP contribution in [0, 0.1) is 5.53 Å². The third-order valence-corrected chi connectivity index (χ3v) is 1.82. The summed E-state index contributed by atoms with van der Waals surface area (Å²) in [6.07, 6.45) is -4.72. The Morgan fingerprint density at radius 3 is 2.17 bits per heavy atom. The van der Waals surface area contributed by atoms with Crippen molar-refractivity contribution in [3.05, 3.63) is 10.4 Å². The van der Waals surface area contributed by atoms with Crippen LogP contribution < -0.4 is 5.32 Å². The molecule has 18 heavy (non-hydrogen) atoms. The summed E-state index contributed by atoms with van der Waals surface area (Å²) >= 11 is 0. The van der Waals surface area contributed by atoms with E-state index in [9.17, 15) is 19.8 Å². The molecule has 6 N–H and O–H groups in total. The Bertz CT molecular complexity index is 293. The number of nitrogens with zero attached hydrogens (tertiary/aromatic N) is 2. The SMILES string of the molecule is CC(=O)N[C@@H](C=O)[C@@H](O)[C@@H](O)[C@H](O)CO.[N-]=[N+]=N. The van der Waals surface area contributed by atoms with Crippen molar-refractivity contribution in [1.29, 1.82) is 5.53 Å². The molecule has 0 spiro atoms.